The summed E-state index contributed by atoms with van der Waals surface area (Å²) in [4.78, 5) is 21.7. The second-order valence-electron chi connectivity index (χ2n) is 4.03. The van der Waals surface area contributed by atoms with E-state index in [9.17, 15) is 18.0 Å². The van der Waals surface area contributed by atoms with Gasteiger partial charge in [-0.25, -0.2) is 8.42 Å². The molecule has 0 rings (SSSR count). The number of hydrogen-bond acceptors (Lipinski definition) is 5. The molecule has 6 nitrogen and oxygen atoms in total. The molecule has 0 aromatic carbocycles. The van der Waals surface area contributed by atoms with E-state index in [-0.39, 0.29) is 6.61 Å². The fourth-order valence-corrected chi connectivity index (χ4v) is 2.81. The van der Waals surface area contributed by atoms with Crippen molar-refractivity contribution in [1.29, 1.82) is 0 Å². The largest absolute Gasteiger partial charge is 0.481 e. The highest BCUT2D eigenvalue weighted by Gasteiger charge is 2.34. The molecule has 16 heavy (non-hydrogen) atoms. The molecular weight excluding hydrogens is 236 g/mol. The molecule has 0 aliphatic heterocycles. The van der Waals surface area contributed by atoms with Crippen molar-refractivity contribution < 1.29 is 27.9 Å². The van der Waals surface area contributed by atoms with Crippen LogP contribution in [0, 0.1) is 5.41 Å². The van der Waals surface area contributed by atoms with Gasteiger partial charge in [0, 0.05) is 0 Å². The Morgan fingerprint density at radius 2 is 1.81 bits per heavy atom. The molecule has 0 fully saturated rings. The number of carboxylic acids is 1. The molecule has 0 saturated carbocycles. The van der Waals surface area contributed by atoms with Gasteiger partial charge in [-0.2, -0.15) is 0 Å². The monoisotopic (exact) mass is 252 g/mol. The van der Waals surface area contributed by atoms with E-state index in [1.165, 1.54) is 13.8 Å². The van der Waals surface area contributed by atoms with Gasteiger partial charge in [0.1, 0.15) is 5.75 Å². The van der Waals surface area contributed by atoms with Gasteiger partial charge in [-0.3, -0.25) is 9.59 Å². The van der Waals surface area contributed by atoms with Crippen LogP contribution in [0.1, 0.15) is 20.8 Å². The number of ether oxygens (including phenoxy) is 1. The zero-order valence-corrected chi connectivity index (χ0v) is 10.3. The third-order valence-corrected chi connectivity index (χ3v) is 3.64. The summed E-state index contributed by atoms with van der Waals surface area (Å²) < 4.78 is 27.4. The first kappa shape index (κ1) is 14.9. The highest BCUT2D eigenvalue weighted by Crippen LogP contribution is 2.18. The van der Waals surface area contributed by atoms with E-state index in [1.807, 2.05) is 0 Å². The van der Waals surface area contributed by atoms with Gasteiger partial charge in [0.05, 0.1) is 17.8 Å². The summed E-state index contributed by atoms with van der Waals surface area (Å²) in [7, 11) is -3.76. The highest BCUT2D eigenvalue weighted by molar-refractivity contribution is 7.92. The van der Waals surface area contributed by atoms with Crippen molar-refractivity contribution in [2.24, 2.45) is 5.41 Å². The van der Waals surface area contributed by atoms with Gasteiger partial charge in [0.25, 0.3) is 0 Å². The van der Waals surface area contributed by atoms with Crippen molar-refractivity contribution in [2.45, 2.75) is 20.8 Å². The number of rotatable bonds is 6. The number of hydrogen-bond donors (Lipinski definition) is 1. The summed E-state index contributed by atoms with van der Waals surface area (Å²) >= 11 is 0. The number of aliphatic carboxylic acids is 1. The van der Waals surface area contributed by atoms with Gasteiger partial charge in [-0.15, -0.1) is 0 Å². The minimum Gasteiger partial charge on any atom is -0.481 e. The van der Waals surface area contributed by atoms with Crippen LogP contribution >= 0.6 is 0 Å². The molecule has 94 valence electrons. The lowest BCUT2D eigenvalue weighted by atomic mass is 9.97. The summed E-state index contributed by atoms with van der Waals surface area (Å²) in [5.41, 5.74) is -1.41. The number of carbonyl (C=O) groups excluding carboxylic acids is 1. The predicted octanol–water partition coefficient (Wildman–Crippen LogP) is 0.0751. The van der Waals surface area contributed by atoms with E-state index < -0.39 is 38.7 Å². The highest BCUT2D eigenvalue weighted by atomic mass is 32.2. The van der Waals surface area contributed by atoms with Crippen molar-refractivity contribution in [3.8, 4) is 0 Å². The topological polar surface area (TPSA) is 97.7 Å². The Labute approximate surface area is 94.5 Å². The Balaban J connectivity index is 4.60. The minimum atomic E-state index is -3.76. The quantitative estimate of drug-likeness (QED) is 0.672. The average molecular weight is 252 g/mol. The van der Waals surface area contributed by atoms with Crippen molar-refractivity contribution in [3.63, 3.8) is 0 Å². The van der Waals surface area contributed by atoms with E-state index in [2.05, 4.69) is 4.74 Å². The Bertz CT molecular complexity index is 367. The average Bonchev–Trinajstić information content (AvgIpc) is 1.99. The molecule has 0 aliphatic carbocycles. The molecule has 0 bridgehead atoms. The second kappa shape index (κ2) is 5.29. The molecule has 0 saturated heterocycles. The molecule has 0 heterocycles. The van der Waals surface area contributed by atoms with E-state index in [0.717, 1.165) is 0 Å². The summed E-state index contributed by atoms with van der Waals surface area (Å²) in [6, 6.07) is 0. The summed E-state index contributed by atoms with van der Waals surface area (Å²) in [5.74, 6) is -3.45. The minimum absolute atomic E-state index is 0.0939. The lowest BCUT2D eigenvalue weighted by Crippen LogP contribution is -2.35. The number of carbonyl (C=O) groups is 2. The Hall–Kier alpha value is -1.11. The van der Waals surface area contributed by atoms with Crippen LogP contribution in [0.5, 0.6) is 0 Å². The maximum Gasteiger partial charge on any atom is 0.321 e. The van der Waals surface area contributed by atoms with Crippen molar-refractivity contribution in [3.05, 3.63) is 0 Å². The molecule has 0 amide bonds. The maximum atomic E-state index is 11.5. The number of sulfone groups is 1. The molecular formula is C9H16O6S. The van der Waals surface area contributed by atoms with Gasteiger partial charge in [-0.1, -0.05) is 0 Å². The SMILES string of the molecule is CCOC(=O)CS(=O)(=O)CC(C)(C)C(=O)O. The van der Waals surface area contributed by atoms with Crippen LogP contribution in [0.3, 0.4) is 0 Å². The van der Waals surface area contributed by atoms with Crippen LogP contribution in [0.4, 0.5) is 0 Å². The standard InChI is InChI=1S/C9H16O6S/c1-4-15-7(10)5-16(13,14)6-9(2,3)8(11)12/h4-6H2,1-3H3,(H,11,12). The molecule has 0 aromatic heterocycles. The van der Waals surface area contributed by atoms with Crippen molar-refractivity contribution >= 4 is 21.8 Å². The third-order valence-electron chi connectivity index (χ3n) is 1.80. The van der Waals surface area contributed by atoms with Crippen LogP contribution < -0.4 is 0 Å². The van der Waals surface area contributed by atoms with Crippen LogP contribution in [0.25, 0.3) is 0 Å². The van der Waals surface area contributed by atoms with Gasteiger partial charge in [0.15, 0.2) is 9.84 Å². The molecule has 0 aliphatic rings. The lowest BCUT2D eigenvalue weighted by Gasteiger charge is -2.18. The van der Waals surface area contributed by atoms with Crippen LogP contribution in [0.15, 0.2) is 0 Å². The predicted molar refractivity (Wildman–Crippen MR) is 56.7 cm³/mol. The molecule has 0 radical (unpaired) electrons. The summed E-state index contributed by atoms with van der Waals surface area (Å²) in [6.45, 7) is 4.23. The first-order valence-electron chi connectivity index (χ1n) is 4.70. The van der Waals surface area contributed by atoms with Gasteiger partial charge in [0.2, 0.25) is 0 Å². The fraction of sp³-hybridized carbons (Fsp3) is 0.778. The van der Waals surface area contributed by atoms with E-state index in [0.29, 0.717) is 0 Å². The zero-order valence-electron chi connectivity index (χ0n) is 9.52. The zero-order chi connectivity index (χ0) is 13.0. The van der Waals surface area contributed by atoms with Crippen LogP contribution in [-0.2, 0) is 24.2 Å². The smallest absolute Gasteiger partial charge is 0.321 e. The Morgan fingerprint density at radius 1 is 1.31 bits per heavy atom. The third kappa shape index (κ3) is 5.11. The maximum absolute atomic E-state index is 11.5. The van der Waals surface area contributed by atoms with Gasteiger partial charge < -0.3 is 9.84 Å². The van der Waals surface area contributed by atoms with E-state index in [1.54, 1.807) is 6.92 Å². The van der Waals surface area contributed by atoms with Crippen molar-refractivity contribution in [2.75, 3.05) is 18.1 Å². The summed E-state index contributed by atoms with van der Waals surface area (Å²) in [6.07, 6.45) is 0. The first-order chi connectivity index (χ1) is 7.10. The molecule has 7 heteroatoms. The van der Waals surface area contributed by atoms with Crippen LogP contribution in [-0.4, -0.2) is 43.6 Å². The number of esters is 1. The Morgan fingerprint density at radius 3 is 2.19 bits per heavy atom. The second-order valence-corrected chi connectivity index (χ2v) is 6.09. The fourth-order valence-electron chi connectivity index (χ4n) is 1.04. The normalized spacial score (nSPS) is 12.2. The lowest BCUT2D eigenvalue weighted by molar-refractivity contribution is -0.146. The van der Waals surface area contributed by atoms with Crippen molar-refractivity contribution in [1.82, 2.24) is 0 Å². The van der Waals surface area contributed by atoms with Gasteiger partial charge >= 0.3 is 11.9 Å². The molecule has 0 aromatic rings. The first-order valence-corrected chi connectivity index (χ1v) is 6.52. The van der Waals surface area contributed by atoms with E-state index >= 15 is 0 Å². The Kier molecular flexibility index (Phi) is 4.92. The molecule has 1 N–H and O–H groups in total. The molecule has 0 spiro atoms. The van der Waals surface area contributed by atoms with Crippen LogP contribution in [0.2, 0.25) is 0 Å². The van der Waals surface area contributed by atoms with Gasteiger partial charge in [-0.05, 0) is 20.8 Å². The molecule has 0 atom stereocenters. The van der Waals surface area contributed by atoms with E-state index in [4.69, 9.17) is 5.11 Å². The summed E-state index contributed by atoms with van der Waals surface area (Å²) in [5, 5.41) is 8.76. The molecule has 0 unspecified atom stereocenters. The number of carboxylic acid groups (broad SMARTS) is 1.